The summed E-state index contributed by atoms with van der Waals surface area (Å²) in [6, 6.07) is 9.69. The van der Waals surface area contributed by atoms with Gasteiger partial charge in [-0.2, -0.15) is 0 Å². The number of nitrogens with one attached hydrogen (secondary N) is 2. The number of aryl methyl sites for hydroxylation is 1. The van der Waals surface area contributed by atoms with Gasteiger partial charge >= 0.3 is 0 Å². The van der Waals surface area contributed by atoms with Crippen LogP contribution in [0.4, 0.5) is 11.6 Å². The second-order valence-electron chi connectivity index (χ2n) is 6.01. The van der Waals surface area contributed by atoms with Crippen LogP contribution in [0.25, 0.3) is 0 Å². The van der Waals surface area contributed by atoms with Gasteiger partial charge in [0.1, 0.15) is 17.5 Å². The zero-order valence-corrected chi connectivity index (χ0v) is 13.6. The van der Waals surface area contributed by atoms with E-state index >= 15 is 0 Å². The second-order valence-corrected chi connectivity index (χ2v) is 6.41. The predicted molar refractivity (Wildman–Crippen MR) is 88.9 cm³/mol. The van der Waals surface area contributed by atoms with Crippen molar-refractivity contribution in [1.82, 2.24) is 9.97 Å². The summed E-state index contributed by atoms with van der Waals surface area (Å²) in [7, 11) is 0. The molecular weight excluding hydrogens is 284 g/mol. The average molecular weight is 305 g/mol. The minimum Gasteiger partial charge on any atom is -0.366 e. The van der Waals surface area contributed by atoms with Crippen molar-refractivity contribution in [3.63, 3.8) is 0 Å². The normalized spacial score (nSPS) is 11.3. The number of rotatable bonds is 4. The molecule has 0 aliphatic rings. The van der Waals surface area contributed by atoms with Crippen LogP contribution in [0.1, 0.15) is 32.2 Å². The van der Waals surface area contributed by atoms with Crippen molar-refractivity contribution in [3.8, 4) is 0 Å². The summed E-state index contributed by atoms with van der Waals surface area (Å²) >= 11 is 6.16. The Bertz CT molecular complexity index is 620. The Morgan fingerprint density at radius 1 is 1.10 bits per heavy atom. The van der Waals surface area contributed by atoms with Gasteiger partial charge in [0.25, 0.3) is 0 Å². The van der Waals surface area contributed by atoms with Crippen molar-refractivity contribution in [2.75, 3.05) is 10.6 Å². The molecule has 1 aromatic heterocycles. The Kier molecular flexibility index (Phi) is 4.68. The number of hydrogen-bond acceptors (Lipinski definition) is 4. The summed E-state index contributed by atoms with van der Waals surface area (Å²) in [6.45, 7) is 8.81. The van der Waals surface area contributed by atoms with E-state index in [1.807, 2.05) is 37.3 Å². The van der Waals surface area contributed by atoms with Gasteiger partial charge in [-0.25, -0.2) is 9.97 Å². The molecule has 21 heavy (non-hydrogen) atoms. The lowest BCUT2D eigenvalue weighted by Crippen LogP contribution is -2.27. The Balaban J connectivity index is 2.12. The fraction of sp³-hybridized carbons (Fsp3) is 0.375. The van der Waals surface area contributed by atoms with E-state index in [1.165, 1.54) is 0 Å². The number of nitrogens with zero attached hydrogens (tertiary/aromatic N) is 2. The van der Waals surface area contributed by atoms with Gasteiger partial charge < -0.3 is 10.6 Å². The van der Waals surface area contributed by atoms with E-state index in [9.17, 15) is 0 Å². The van der Waals surface area contributed by atoms with Crippen molar-refractivity contribution < 1.29 is 0 Å². The highest BCUT2D eigenvalue weighted by molar-refractivity contribution is 6.31. The van der Waals surface area contributed by atoms with Crippen LogP contribution in [0, 0.1) is 6.92 Å². The van der Waals surface area contributed by atoms with Gasteiger partial charge in [-0.1, -0.05) is 29.8 Å². The van der Waals surface area contributed by atoms with Gasteiger partial charge in [-0.05, 0) is 39.3 Å². The van der Waals surface area contributed by atoms with Gasteiger partial charge in [-0.15, -0.1) is 0 Å². The summed E-state index contributed by atoms with van der Waals surface area (Å²) < 4.78 is 0. The molecule has 0 aliphatic carbocycles. The SMILES string of the molecule is Cc1nc(NCc2ccccc2Cl)cc(NC(C)(C)C)n1. The fourth-order valence-electron chi connectivity index (χ4n) is 1.93. The molecule has 0 amide bonds. The van der Waals surface area contributed by atoms with Crippen LogP contribution in [0.15, 0.2) is 30.3 Å². The van der Waals surface area contributed by atoms with Crippen molar-refractivity contribution in [3.05, 3.63) is 46.7 Å². The van der Waals surface area contributed by atoms with Crippen LogP contribution in [-0.2, 0) is 6.54 Å². The molecule has 0 saturated heterocycles. The van der Waals surface area contributed by atoms with Gasteiger partial charge in [-0.3, -0.25) is 0 Å². The van der Waals surface area contributed by atoms with Crippen molar-refractivity contribution in [1.29, 1.82) is 0 Å². The lowest BCUT2D eigenvalue weighted by Gasteiger charge is -2.21. The molecule has 0 spiro atoms. The second kappa shape index (κ2) is 6.31. The summed E-state index contributed by atoms with van der Waals surface area (Å²) in [4.78, 5) is 8.81. The van der Waals surface area contributed by atoms with Gasteiger partial charge in [0.2, 0.25) is 0 Å². The van der Waals surface area contributed by atoms with Crippen LogP contribution < -0.4 is 10.6 Å². The van der Waals surface area contributed by atoms with Crippen LogP contribution in [0.5, 0.6) is 0 Å². The van der Waals surface area contributed by atoms with Crippen LogP contribution in [0.2, 0.25) is 5.02 Å². The zero-order valence-electron chi connectivity index (χ0n) is 12.9. The third kappa shape index (κ3) is 4.90. The van der Waals surface area contributed by atoms with E-state index in [-0.39, 0.29) is 5.54 Å². The minimum absolute atomic E-state index is 0.0409. The first-order chi connectivity index (χ1) is 9.83. The topological polar surface area (TPSA) is 49.8 Å². The molecule has 4 nitrogen and oxygen atoms in total. The monoisotopic (exact) mass is 304 g/mol. The Morgan fingerprint density at radius 3 is 2.43 bits per heavy atom. The highest BCUT2D eigenvalue weighted by atomic mass is 35.5. The first-order valence-electron chi connectivity index (χ1n) is 6.95. The Morgan fingerprint density at radius 2 is 1.76 bits per heavy atom. The van der Waals surface area contributed by atoms with Crippen LogP contribution in [-0.4, -0.2) is 15.5 Å². The molecule has 0 bridgehead atoms. The van der Waals surface area contributed by atoms with Gasteiger partial charge in [0.15, 0.2) is 0 Å². The van der Waals surface area contributed by atoms with E-state index < -0.39 is 0 Å². The summed E-state index contributed by atoms with van der Waals surface area (Å²) in [5.41, 5.74) is 1.00. The molecule has 2 aromatic rings. The molecule has 0 unspecified atom stereocenters. The molecule has 2 rings (SSSR count). The van der Waals surface area contributed by atoms with E-state index in [0.29, 0.717) is 6.54 Å². The molecule has 0 fully saturated rings. The molecule has 5 heteroatoms. The van der Waals surface area contributed by atoms with Crippen LogP contribution >= 0.6 is 11.6 Å². The number of hydrogen-bond donors (Lipinski definition) is 2. The van der Waals surface area contributed by atoms with E-state index in [1.54, 1.807) is 0 Å². The maximum atomic E-state index is 6.16. The Hall–Kier alpha value is -1.81. The number of aromatic nitrogens is 2. The van der Waals surface area contributed by atoms with E-state index in [2.05, 4.69) is 41.4 Å². The molecule has 0 saturated carbocycles. The minimum atomic E-state index is -0.0409. The molecule has 112 valence electrons. The molecule has 1 aromatic carbocycles. The standard InChI is InChI=1S/C16H21ClN4/c1-11-19-14(9-15(20-11)21-16(2,3)4)18-10-12-7-5-6-8-13(12)17/h5-9H,10H2,1-4H3,(H2,18,19,20,21). The highest BCUT2D eigenvalue weighted by Gasteiger charge is 2.11. The highest BCUT2D eigenvalue weighted by Crippen LogP contribution is 2.19. The third-order valence-electron chi connectivity index (χ3n) is 2.76. The van der Waals surface area contributed by atoms with Gasteiger partial charge in [0.05, 0.1) is 0 Å². The molecule has 0 radical (unpaired) electrons. The van der Waals surface area contributed by atoms with Crippen molar-refractivity contribution in [2.45, 2.75) is 39.8 Å². The summed E-state index contributed by atoms with van der Waals surface area (Å²) in [6.07, 6.45) is 0. The molecule has 0 aliphatic heterocycles. The lowest BCUT2D eigenvalue weighted by molar-refractivity contribution is 0.629. The van der Waals surface area contributed by atoms with Crippen LogP contribution in [0.3, 0.4) is 0 Å². The van der Waals surface area contributed by atoms with E-state index in [0.717, 1.165) is 28.0 Å². The largest absolute Gasteiger partial charge is 0.366 e. The molecule has 1 heterocycles. The Labute approximate surface area is 131 Å². The maximum absolute atomic E-state index is 6.16. The first-order valence-corrected chi connectivity index (χ1v) is 7.32. The average Bonchev–Trinajstić information content (AvgIpc) is 2.35. The molecule has 2 N–H and O–H groups in total. The lowest BCUT2D eigenvalue weighted by atomic mass is 10.1. The van der Waals surface area contributed by atoms with Crippen molar-refractivity contribution in [2.24, 2.45) is 0 Å². The smallest absolute Gasteiger partial charge is 0.132 e. The predicted octanol–water partition coefficient (Wildman–Crippen LogP) is 4.26. The third-order valence-corrected chi connectivity index (χ3v) is 3.13. The maximum Gasteiger partial charge on any atom is 0.132 e. The first kappa shape index (κ1) is 15.6. The van der Waals surface area contributed by atoms with Gasteiger partial charge in [0, 0.05) is 23.2 Å². The summed E-state index contributed by atoms with van der Waals surface area (Å²) in [5.74, 6) is 2.33. The quantitative estimate of drug-likeness (QED) is 0.886. The zero-order chi connectivity index (χ0) is 15.5. The fourth-order valence-corrected chi connectivity index (χ4v) is 2.14. The number of benzene rings is 1. The van der Waals surface area contributed by atoms with Crippen molar-refractivity contribution >= 4 is 23.2 Å². The molecular formula is C16H21ClN4. The molecule has 0 atom stereocenters. The number of anilines is 2. The number of halogens is 1. The van der Waals surface area contributed by atoms with E-state index in [4.69, 9.17) is 11.6 Å². The summed E-state index contributed by atoms with van der Waals surface area (Å²) in [5, 5.41) is 7.40.